The lowest BCUT2D eigenvalue weighted by Gasteiger charge is -2.43. The van der Waals surface area contributed by atoms with Gasteiger partial charge in [-0.05, 0) is 51.3 Å². The molecule has 1 aliphatic heterocycles. The summed E-state index contributed by atoms with van der Waals surface area (Å²) in [7, 11) is 1.75. The van der Waals surface area contributed by atoms with E-state index in [1.807, 2.05) is 17.7 Å². The predicted octanol–water partition coefficient (Wildman–Crippen LogP) is 5.00. The summed E-state index contributed by atoms with van der Waals surface area (Å²) >= 11 is 6.64. The molecule has 1 saturated heterocycles. The van der Waals surface area contributed by atoms with Crippen molar-refractivity contribution in [3.63, 3.8) is 0 Å². The number of nitrogens with two attached hydrogens (primary N) is 1. The minimum Gasteiger partial charge on any atom is -0.496 e. The Morgan fingerprint density at radius 1 is 1.09 bits per heavy atom. The second kappa shape index (κ2) is 14.3. The van der Waals surface area contributed by atoms with Gasteiger partial charge in [0.25, 0.3) is 0 Å². The van der Waals surface area contributed by atoms with Crippen LogP contribution in [0.25, 0.3) is 11.0 Å². The van der Waals surface area contributed by atoms with Crippen molar-refractivity contribution in [3.05, 3.63) is 39.8 Å². The van der Waals surface area contributed by atoms with Crippen LogP contribution in [0.15, 0.2) is 12.4 Å². The molecule has 0 aliphatic carbocycles. The fourth-order valence-corrected chi connectivity index (χ4v) is 4.66. The van der Waals surface area contributed by atoms with Gasteiger partial charge in [0.15, 0.2) is 5.65 Å². The van der Waals surface area contributed by atoms with Gasteiger partial charge in [-0.3, -0.25) is 4.90 Å². The van der Waals surface area contributed by atoms with Crippen molar-refractivity contribution in [2.75, 3.05) is 25.9 Å². The molecule has 1 fully saturated rings. The fraction of sp³-hybridized carbons (Fsp3) is 0.500. The van der Waals surface area contributed by atoms with E-state index in [9.17, 15) is 26.3 Å². The van der Waals surface area contributed by atoms with Crippen LogP contribution in [0, 0.1) is 13.8 Å². The Kier molecular flexibility index (Phi) is 11.8. The standard InChI is InChI=1S/C22H29ClN6O.2C2HF3O2/c1-12(2)28-9-16(10-28)18-13(3)17(23)8-15(20(18)30-5)6-7-29-22-19(14(4)27-29)21(24)25-11-26-22;2*3-2(4,5)1(6)7/h8,11-12,16H,6-7,9-10H2,1-5H3,(H2,24,25,26);2*(H,6,7). The number of nitrogen functional groups attached to an aromatic ring is 1. The first kappa shape index (κ1) is 36.3. The third-order valence-electron chi connectivity index (χ3n) is 6.66. The van der Waals surface area contributed by atoms with Gasteiger partial charge in [-0.2, -0.15) is 31.4 Å². The SMILES string of the molecule is COc1c(CCn2nc(C)c3c(N)ncnc32)cc(Cl)c(C)c1C1CN(C(C)C)C1.O=C(O)C(F)(F)F.O=C(O)C(F)(F)F. The van der Waals surface area contributed by atoms with Gasteiger partial charge in [0.1, 0.15) is 17.9 Å². The van der Waals surface area contributed by atoms with E-state index >= 15 is 0 Å². The number of aryl methyl sites for hydroxylation is 3. The summed E-state index contributed by atoms with van der Waals surface area (Å²) in [5, 5.41) is 20.5. The maximum Gasteiger partial charge on any atom is 0.490 e. The number of anilines is 1. The summed E-state index contributed by atoms with van der Waals surface area (Å²) in [5.74, 6) is -3.66. The molecule has 3 heterocycles. The third kappa shape index (κ3) is 8.84. The van der Waals surface area contributed by atoms with Crippen molar-refractivity contribution in [2.45, 2.75) is 65.0 Å². The summed E-state index contributed by atoms with van der Waals surface area (Å²) in [6.07, 6.45) is -7.95. The minimum atomic E-state index is -5.08. The molecule has 0 radical (unpaired) electrons. The molecule has 0 amide bonds. The van der Waals surface area contributed by atoms with Gasteiger partial charge in [0, 0.05) is 42.2 Å². The molecule has 0 unspecified atom stereocenters. The number of fused-ring (bicyclic) bond motifs is 1. The molecule has 4 N–H and O–H groups in total. The maximum absolute atomic E-state index is 10.6. The number of rotatable bonds is 6. The second-order valence-corrected chi connectivity index (χ2v) is 10.4. The molecule has 4 rings (SSSR count). The zero-order valence-electron chi connectivity index (χ0n) is 24.2. The van der Waals surface area contributed by atoms with Crippen molar-refractivity contribution in [3.8, 4) is 5.75 Å². The van der Waals surface area contributed by atoms with E-state index in [1.54, 1.807) is 7.11 Å². The summed E-state index contributed by atoms with van der Waals surface area (Å²) in [5.41, 5.74) is 11.1. The minimum absolute atomic E-state index is 0.445. The van der Waals surface area contributed by atoms with Gasteiger partial charge in [0.2, 0.25) is 0 Å². The third-order valence-corrected chi connectivity index (χ3v) is 7.06. The molecule has 0 spiro atoms. The highest BCUT2D eigenvalue weighted by atomic mass is 35.5. The van der Waals surface area contributed by atoms with Crippen LogP contribution in [0.5, 0.6) is 5.75 Å². The number of hydrogen-bond donors (Lipinski definition) is 3. The van der Waals surface area contributed by atoms with Crippen LogP contribution in [-0.4, -0.2) is 85.4 Å². The Hall–Kier alpha value is -3.86. The first-order valence-corrected chi connectivity index (χ1v) is 13.2. The number of hydrogen-bond acceptors (Lipinski definition) is 8. The lowest BCUT2D eigenvalue weighted by atomic mass is 9.85. The van der Waals surface area contributed by atoms with Crippen LogP contribution in [0.1, 0.15) is 42.1 Å². The Labute approximate surface area is 252 Å². The number of likely N-dealkylation sites (tertiary alicyclic amines) is 1. The van der Waals surface area contributed by atoms with Crippen molar-refractivity contribution in [1.29, 1.82) is 0 Å². The van der Waals surface area contributed by atoms with Crippen LogP contribution in [0.4, 0.5) is 32.2 Å². The number of carboxylic acid groups (broad SMARTS) is 2. The van der Waals surface area contributed by atoms with Crippen LogP contribution in [0.3, 0.4) is 0 Å². The normalized spacial score (nSPS) is 13.9. The molecule has 244 valence electrons. The summed E-state index contributed by atoms with van der Waals surface area (Å²) < 4.78 is 71.3. The van der Waals surface area contributed by atoms with Gasteiger partial charge in [-0.25, -0.2) is 24.2 Å². The van der Waals surface area contributed by atoms with Crippen molar-refractivity contribution in [1.82, 2.24) is 24.6 Å². The van der Waals surface area contributed by atoms with Gasteiger partial charge in [-0.15, -0.1) is 0 Å². The largest absolute Gasteiger partial charge is 0.496 e. The molecule has 2 aromatic heterocycles. The van der Waals surface area contributed by atoms with E-state index < -0.39 is 24.3 Å². The molecule has 1 aromatic carbocycles. The highest BCUT2D eigenvalue weighted by Gasteiger charge is 2.39. The molecular formula is C26H31ClF6N6O5. The topological polar surface area (TPSA) is 157 Å². The van der Waals surface area contributed by atoms with E-state index in [0.29, 0.717) is 24.3 Å². The average molecular weight is 657 g/mol. The van der Waals surface area contributed by atoms with Gasteiger partial charge in [-0.1, -0.05) is 11.6 Å². The quantitative estimate of drug-likeness (QED) is 0.308. The number of carboxylic acids is 2. The second-order valence-electron chi connectivity index (χ2n) is 9.96. The van der Waals surface area contributed by atoms with E-state index in [-0.39, 0.29) is 0 Å². The monoisotopic (exact) mass is 656 g/mol. The van der Waals surface area contributed by atoms with Gasteiger partial charge in [0.05, 0.1) is 18.2 Å². The molecule has 0 atom stereocenters. The summed E-state index contributed by atoms with van der Waals surface area (Å²) in [4.78, 5) is 28.7. The number of aromatic nitrogens is 4. The van der Waals surface area contributed by atoms with E-state index in [0.717, 1.165) is 58.1 Å². The Balaban J connectivity index is 0.000000402. The molecule has 1 aliphatic rings. The molecule has 3 aromatic rings. The number of ether oxygens (including phenoxy) is 1. The first-order valence-electron chi connectivity index (χ1n) is 12.8. The highest BCUT2D eigenvalue weighted by Crippen LogP contribution is 2.42. The zero-order valence-corrected chi connectivity index (χ0v) is 25.0. The summed E-state index contributed by atoms with van der Waals surface area (Å²) in [6.45, 7) is 11.2. The summed E-state index contributed by atoms with van der Waals surface area (Å²) in [6, 6.07) is 2.58. The number of benzene rings is 1. The van der Waals surface area contributed by atoms with E-state index in [4.69, 9.17) is 41.9 Å². The molecule has 44 heavy (non-hydrogen) atoms. The first-order chi connectivity index (χ1) is 20.2. The van der Waals surface area contributed by atoms with Crippen LogP contribution in [-0.2, 0) is 22.6 Å². The van der Waals surface area contributed by atoms with E-state index in [1.165, 1.54) is 11.9 Å². The van der Waals surface area contributed by atoms with Crippen LogP contribution in [0.2, 0.25) is 5.02 Å². The van der Waals surface area contributed by atoms with E-state index in [2.05, 4.69) is 40.7 Å². The lowest BCUT2D eigenvalue weighted by molar-refractivity contribution is -0.193. The highest BCUT2D eigenvalue weighted by molar-refractivity contribution is 6.31. The number of carbonyl (C=O) groups is 2. The van der Waals surface area contributed by atoms with Gasteiger partial charge < -0.3 is 20.7 Å². The van der Waals surface area contributed by atoms with Gasteiger partial charge >= 0.3 is 24.3 Å². The maximum atomic E-state index is 10.6. The predicted molar refractivity (Wildman–Crippen MR) is 148 cm³/mol. The Morgan fingerprint density at radius 3 is 2.07 bits per heavy atom. The number of nitrogens with zero attached hydrogens (tertiary/aromatic N) is 5. The van der Waals surface area contributed by atoms with Crippen molar-refractivity contribution in [2.24, 2.45) is 0 Å². The van der Waals surface area contributed by atoms with Crippen LogP contribution >= 0.6 is 11.6 Å². The molecular weight excluding hydrogens is 626 g/mol. The van der Waals surface area contributed by atoms with Crippen LogP contribution < -0.4 is 10.5 Å². The molecule has 11 nitrogen and oxygen atoms in total. The number of halogens is 7. The fourth-order valence-electron chi connectivity index (χ4n) is 4.43. The average Bonchev–Trinajstić information content (AvgIpc) is 3.20. The molecule has 18 heteroatoms. The number of aliphatic carboxylic acids is 2. The molecule has 0 bridgehead atoms. The number of methoxy groups -OCH3 is 1. The zero-order chi connectivity index (χ0) is 33.7. The molecule has 0 saturated carbocycles. The smallest absolute Gasteiger partial charge is 0.490 e. The Morgan fingerprint density at radius 2 is 1.61 bits per heavy atom. The lowest BCUT2D eigenvalue weighted by Crippen LogP contribution is -2.48. The van der Waals surface area contributed by atoms with Crippen molar-refractivity contribution < 1.29 is 50.9 Å². The number of alkyl halides is 6. The Bertz CT molecular complexity index is 1470. The van der Waals surface area contributed by atoms with Crippen molar-refractivity contribution >= 4 is 40.4 Å².